The molecule has 0 bridgehead atoms. The minimum atomic E-state index is 0.101. The van der Waals surface area contributed by atoms with Crippen molar-refractivity contribution in [1.29, 1.82) is 0 Å². The van der Waals surface area contributed by atoms with Gasteiger partial charge in [-0.05, 0) is 12.5 Å². The van der Waals surface area contributed by atoms with Crippen LogP contribution in [0.15, 0.2) is 24.3 Å². The molecular weight excluding hydrogens is 218 g/mol. The van der Waals surface area contributed by atoms with Gasteiger partial charge in [-0.15, -0.1) is 11.8 Å². The quantitative estimate of drug-likeness (QED) is 0.877. The SMILES string of the molecule is CCC(C)SC1COc2ccccc2C1N. The third-order valence-corrected chi connectivity index (χ3v) is 4.64. The van der Waals surface area contributed by atoms with Gasteiger partial charge < -0.3 is 10.5 Å². The van der Waals surface area contributed by atoms with Crippen LogP contribution in [0.5, 0.6) is 5.75 Å². The molecule has 2 N–H and O–H groups in total. The molecule has 0 fully saturated rings. The summed E-state index contributed by atoms with van der Waals surface area (Å²) in [7, 11) is 0. The molecule has 2 nitrogen and oxygen atoms in total. The van der Waals surface area contributed by atoms with Crippen molar-refractivity contribution in [3.05, 3.63) is 29.8 Å². The van der Waals surface area contributed by atoms with Crippen molar-refractivity contribution in [1.82, 2.24) is 0 Å². The Kier molecular flexibility index (Phi) is 3.77. The molecule has 1 aromatic carbocycles. The summed E-state index contributed by atoms with van der Waals surface area (Å²) >= 11 is 1.94. The summed E-state index contributed by atoms with van der Waals surface area (Å²) in [5, 5.41) is 1.02. The number of fused-ring (bicyclic) bond motifs is 1. The van der Waals surface area contributed by atoms with Crippen LogP contribution in [0.2, 0.25) is 0 Å². The summed E-state index contributed by atoms with van der Waals surface area (Å²) in [6, 6.07) is 8.19. The molecule has 0 radical (unpaired) electrons. The van der Waals surface area contributed by atoms with Crippen LogP contribution < -0.4 is 10.5 Å². The van der Waals surface area contributed by atoms with E-state index in [0.29, 0.717) is 10.5 Å². The molecule has 0 amide bonds. The van der Waals surface area contributed by atoms with Crippen LogP contribution in [0.4, 0.5) is 0 Å². The van der Waals surface area contributed by atoms with E-state index in [2.05, 4.69) is 19.9 Å². The fourth-order valence-electron chi connectivity index (χ4n) is 1.88. The van der Waals surface area contributed by atoms with Crippen LogP contribution in [0, 0.1) is 0 Å². The van der Waals surface area contributed by atoms with E-state index >= 15 is 0 Å². The van der Waals surface area contributed by atoms with Crippen LogP contribution in [0.3, 0.4) is 0 Å². The van der Waals surface area contributed by atoms with E-state index in [1.807, 2.05) is 30.0 Å². The molecule has 3 heteroatoms. The minimum Gasteiger partial charge on any atom is -0.492 e. The van der Waals surface area contributed by atoms with Crippen LogP contribution in [0.25, 0.3) is 0 Å². The zero-order valence-electron chi connectivity index (χ0n) is 9.85. The van der Waals surface area contributed by atoms with Crippen molar-refractivity contribution in [2.24, 2.45) is 5.73 Å². The highest BCUT2D eigenvalue weighted by atomic mass is 32.2. The summed E-state index contributed by atoms with van der Waals surface area (Å²) in [6.07, 6.45) is 1.18. The number of thioether (sulfide) groups is 1. The van der Waals surface area contributed by atoms with Gasteiger partial charge in [0, 0.05) is 16.9 Å². The van der Waals surface area contributed by atoms with Crippen LogP contribution in [-0.2, 0) is 0 Å². The van der Waals surface area contributed by atoms with Crippen LogP contribution in [-0.4, -0.2) is 17.1 Å². The summed E-state index contributed by atoms with van der Waals surface area (Å²) < 4.78 is 5.75. The summed E-state index contributed by atoms with van der Waals surface area (Å²) in [6.45, 7) is 5.19. The van der Waals surface area contributed by atoms with Gasteiger partial charge in [0.1, 0.15) is 12.4 Å². The Labute approximate surface area is 102 Å². The maximum absolute atomic E-state index is 6.29. The maximum atomic E-state index is 6.29. The Bertz CT molecular complexity index is 356. The van der Waals surface area contributed by atoms with Gasteiger partial charge in [0.15, 0.2) is 0 Å². The van der Waals surface area contributed by atoms with E-state index in [-0.39, 0.29) is 6.04 Å². The number of hydrogen-bond donors (Lipinski definition) is 1. The first-order valence-corrected chi connectivity index (χ1v) is 6.79. The predicted octanol–water partition coefficient (Wildman–Crippen LogP) is 2.98. The van der Waals surface area contributed by atoms with Gasteiger partial charge in [0.2, 0.25) is 0 Å². The molecule has 0 spiro atoms. The first-order chi connectivity index (χ1) is 7.72. The predicted molar refractivity (Wildman–Crippen MR) is 70.0 cm³/mol. The summed E-state index contributed by atoms with van der Waals surface area (Å²) in [5.74, 6) is 0.955. The van der Waals surface area contributed by atoms with E-state index < -0.39 is 0 Å². The molecule has 0 saturated heterocycles. The second-order valence-electron chi connectivity index (χ2n) is 4.27. The normalized spacial score (nSPS) is 25.7. The number of benzene rings is 1. The van der Waals surface area contributed by atoms with Crippen molar-refractivity contribution in [2.75, 3.05) is 6.61 Å². The average Bonchev–Trinajstić information content (AvgIpc) is 2.33. The first kappa shape index (κ1) is 11.8. The number of para-hydroxylation sites is 1. The fraction of sp³-hybridized carbons (Fsp3) is 0.538. The van der Waals surface area contributed by atoms with E-state index in [1.165, 1.54) is 6.42 Å². The Hall–Kier alpha value is -0.670. The van der Waals surface area contributed by atoms with E-state index in [1.54, 1.807) is 0 Å². The molecule has 0 saturated carbocycles. The topological polar surface area (TPSA) is 35.2 Å². The van der Waals surface area contributed by atoms with Crippen molar-refractivity contribution in [2.45, 2.75) is 36.8 Å². The molecule has 88 valence electrons. The number of nitrogens with two attached hydrogens (primary N) is 1. The Morgan fingerprint density at radius 2 is 2.25 bits per heavy atom. The van der Waals surface area contributed by atoms with Crippen LogP contribution >= 0.6 is 11.8 Å². The van der Waals surface area contributed by atoms with Gasteiger partial charge in [-0.3, -0.25) is 0 Å². The van der Waals surface area contributed by atoms with E-state index in [0.717, 1.165) is 17.9 Å². The third-order valence-electron chi connectivity index (χ3n) is 3.06. The fourth-order valence-corrected chi connectivity index (χ4v) is 3.13. The van der Waals surface area contributed by atoms with Gasteiger partial charge in [0.05, 0.1) is 5.25 Å². The lowest BCUT2D eigenvalue weighted by atomic mass is 10.0. The highest BCUT2D eigenvalue weighted by molar-refractivity contribution is 8.00. The Balaban J connectivity index is 2.12. The highest BCUT2D eigenvalue weighted by Gasteiger charge is 2.29. The van der Waals surface area contributed by atoms with E-state index in [4.69, 9.17) is 10.5 Å². The number of hydrogen-bond acceptors (Lipinski definition) is 3. The lowest BCUT2D eigenvalue weighted by molar-refractivity contribution is 0.275. The standard InChI is InChI=1S/C13H19NOS/c1-3-9(2)16-12-8-15-11-7-5-4-6-10(11)13(12)14/h4-7,9,12-13H,3,8,14H2,1-2H3. The molecule has 3 atom stereocenters. The molecule has 16 heavy (non-hydrogen) atoms. The van der Waals surface area contributed by atoms with Gasteiger partial charge in [-0.25, -0.2) is 0 Å². The first-order valence-electron chi connectivity index (χ1n) is 5.85. The lowest BCUT2D eigenvalue weighted by Crippen LogP contribution is -2.34. The molecule has 2 rings (SSSR count). The van der Waals surface area contributed by atoms with Crippen molar-refractivity contribution < 1.29 is 4.74 Å². The maximum Gasteiger partial charge on any atom is 0.124 e. The van der Waals surface area contributed by atoms with Crippen molar-refractivity contribution in [3.8, 4) is 5.75 Å². The lowest BCUT2D eigenvalue weighted by Gasteiger charge is -2.32. The second kappa shape index (κ2) is 5.11. The minimum absolute atomic E-state index is 0.101. The van der Waals surface area contributed by atoms with Gasteiger partial charge in [-0.1, -0.05) is 32.0 Å². The molecule has 1 aliphatic heterocycles. The van der Waals surface area contributed by atoms with E-state index in [9.17, 15) is 0 Å². The Morgan fingerprint density at radius 3 is 3.00 bits per heavy atom. The zero-order valence-corrected chi connectivity index (χ0v) is 10.7. The average molecular weight is 237 g/mol. The molecule has 1 aliphatic rings. The highest BCUT2D eigenvalue weighted by Crippen LogP contribution is 2.37. The molecule has 3 unspecified atom stereocenters. The van der Waals surface area contributed by atoms with Crippen molar-refractivity contribution in [3.63, 3.8) is 0 Å². The monoisotopic (exact) mass is 237 g/mol. The summed E-state index contributed by atoms with van der Waals surface area (Å²) in [5.41, 5.74) is 7.44. The van der Waals surface area contributed by atoms with Crippen LogP contribution in [0.1, 0.15) is 31.9 Å². The largest absolute Gasteiger partial charge is 0.492 e. The molecule has 0 aromatic heterocycles. The molecule has 1 aromatic rings. The molecular formula is C13H19NOS. The third kappa shape index (κ3) is 2.36. The van der Waals surface area contributed by atoms with Crippen molar-refractivity contribution >= 4 is 11.8 Å². The number of rotatable bonds is 3. The smallest absolute Gasteiger partial charge is 0.124 e. The molecule has 1 heterocycles. The Morgan fingerprint density at radius 1 is 1.50 bits per heavy atom. The van der Waals surface area contributed by atoms with Gasteiger partial charge in [-0.2, -0.15) is 0 Å². The van der Waals surface area contributed by atoms with Gasteiger partial charge >= 0.3 is 0 Å². The molecule has 0 aliphatic carbocycles. The summed E-state index contributed by atoms with van der Waals surface area (Å²) in [4.78, 5) is 0. The zero-order chi connectivity index (χ0) is 11.5. The second-order valence-corrected chi connectivity index (χ2v) is 5.95. The van der Waals surface area contributed by atoms with Gasteiger partial charge in [0.25, 0.3) is 0 Å². The number of ether oxygens (including phenoxy) is 1.